The van der Waals surface area contributed by atoms with Crippen LogP contribution in [-0.2, 0) is 0 Å². The van der Waals surface area contributed by atoms with E-state index in [1.807, 2.05) is 17.8 Å². The van der Waals surface area contributed by atoms with Crippen molar-refractivity contribution in [3.8, 4) is 11.1 Å². The summed E-state index contributed by atoms with van der Waals surface area (Å²) in [5, 5.41) is 10.5. The Bertz CT molecular complexity index is 552. The molecule has 3 rings (SSSR count). The van der Waals surface area contributed by atoms with Gasteiger partial charge in [0.25, 0.3) is 0 Å². The molecule has 1 aliphatic carbocycles. The van der Waals surface area contributed by atoms with E-state index in [9.17, 15) is 5.11 Å². The van der Waals surface area contributed by atoms with Crippen molar-refractivity contribution in [2.45, 2.75) is 41.9 Å². The number of aliphatic hydroxyl groups excluding tert-OH is 1. The van der Waals surface area contributed by atoms with Crippen LogP contribution in [0.3, 0.4) is 0 Å². The second kappa shape index (κ2) is 6.47. The van der Waals surface area contributed by atoms with Crippen LogP contribution in [0, 0.1) is 0 Å². The van der Waals surface area contributed by atoms with Gasteiger partial charge in [-0.25, -0.2) is 0 Å². The highest BCUT2D eigenvalue weighted by atomic mass is 32.2. The maximum atomic E-state index is 10.1. The molecule has 0 saturated heterocycles. The van der Waals surface area contributed by atoms with Crippen molar-refractivity contribution in [3.63, 3.8) is 0 Å². The quantitative estimate of drug-likeness (QED) is 0.877. The molecule has 1 N–H and O–H groups in total. The molecule has 104 valence electrons. The van der Waals surface area contributed by atoms with Crippen LogP contribution < -0.4 is 0 Å². The predicted molar refractivity (Wildman–Crippen MR) is 86.0 cm³/mol. The van der Waals surface area contributed by atoms with Crippen molar-refractivity contribution in [1.82, 2.24) is 0 Å². The predicted octanol–water partition coefficient (Wildman–Crippen LogP) is 4.75. The third-order valence-corrected chi connectivity index (χ3v) is 5.28. The molecular weight excluding hydrogens is 264 g/mol. The van der Waals surface area contributed by atoms with Crippen molar-refractivity contribution in [1.29, 1.82) is 0 Å². The molecule has 0 bridgehead atoms. The molecule has 1 fully saturated rings. The fourth-order valence-electron chi connectivity index (χ4n) is 2.77. The molecule has 0 spiro atoms. The minimum atomic E-state index is -0.144. The molecule has 2 heteroatoms. The summed E-state index contributed by atoms with van der Waals surface area (Å²) >= 11 is 1.83. The highest BCUT2D eigenvalue weighted by molar-refractivity contribution is 8.00. The molecule has 0 aliphatic heterocycles. The average Bonchev–Trinajstić information content (AvgIpc) is 2.51. The van der Waals surface area contributed by atoms with E-state index < -0.39 is 0 Å². The Morgan fingerprint density at radius 2 is 1.60 bits per heavy atom. The van der Waals surface area contributed by atoms with Crippen molar-refractivity contribution in [2.24, 2.45) is 0 Å². The molecule has 0 radical (unpaired) electrons. The Hall–Kier alpha value is -1.25. The van der Waals surface area contributed by atoms with Crippen LogP contribution in [0.1, 0.15) is 25.7 Å². The zero-order valence-electron chi connectivity index (χ0n) is 11.5. The summed E-state index contributed by atoms with van der Waals surface area (Å²) in [6, 6.07) is 19.1. The lowest BCUT2D eigenvalue weighted by Gasteiger charge is -2.27. The van der Waals surface area contributed by atoms with E-state index in [-0.39, 0.29) is 6.10 Å². The molecule has 2 atom stereocenters. The van der Waals surface area contributed by atoms with E-state index >= 15 is 0 Å². The van der Waals surface area contributed by atoms with Crippen LogP contribution in [0.2, 0.25) is 0 Å². The lowest BCUT2D eigenvalue weighted by molar-refractivity contribution is 0.137. The van der Waals surface area contributed by atoms with Crippen molar-refractivity contribution < 1.29 is 5.11 Å². The van der Waals surface area contributed by atoms with Gasteiger partial charge in [-0.05, 0) is 36.1 Å². The largest absolute Gasteiger partial charge is 0.392 e. The Morgan fingerprint density at radius 1 is 0.850 bits per heavy atom. The third kappa shape index (κ3) is 3.25. The summed E-state index contributed by atoms with van der Waals surface area (Å²) < 4.78 is 0. The van der Waals surface area contributed by atoms with E-state index in [0.29, 0.717) is 5.25 Å². The first-order chi connectivity index (χ1) is 9.83. The summed E-state index contributed by atoms with van der Waals surface area (Å²) in [4.78, 5) is 1.26. The van der Waals surface area contributed by atoms with Crippen LogP contribution in [0.25, 0.3) is 11.1 Å². The molecular formula is C18H20OS. The number of benzene rings is 2. The molecule has 20 heavy (non-hydrogen) atoms. The molecule has 0 aromatic heterocycles. The Labute approximate surface area is 125 Å². The normalized spacial score (nSPS) is 22.6. The van der Waals surface area contributed by atoms with Crippen LogP contribution in [0.15, 0.2) is 59.5 Å². The first-order valence-corrected chi connectivity index (χ1v) is 8.21. The Kier molecular flexibility index (Phi) is 4.44. The third-order valence-electron chi connectivity index (χ3n) is 3.90. The van der Waals surface area contributed by atoms with Gasteiger partial charge in [0.2, 0.25) is 0 Å². The Morgan fingerprint density at radius 3 is 2.40 bits per heavy atom. The highest BCUT2D eigenvalue weighted by Gasteiger charge is 2.23. The summed E-state index contributed by atoms with van der Waals surface area (Å²) in [7, 11) is 0. The summed E-state index contributed by atoms with van der Waals surface area (Å²) in [6.07, 6.45) is 4.35. The lowest BCUT2D eigenvalue weighted by Crippen LogP contribution is -2.26. The van der Waals surface area contributed by atoms with Gasteiger partial charge >= 0.3 is 0 Å². The Balaban J connectivity index is 1.78. The number of rotatable bonds is 3. The van der Waals surface area contributed by atoms with Gasteiger partial charge in [-0.3, -0.25) is 0 Å². The van der Waals surface area contributed by atoms with Crippen molar-refractivity contribution in [3.05, 3.63) is 54.6 Å². The summed E-state index contributed by atoms with van der Waals surface area (Å²) in [6.45, 7) is 0. The number of hydrogen-bond donors (Lipinski definition) is 1. The molecule has 1 aliphatic rings. The van der Waals surface area contributed by atoms with Crippen molar-refractivity contribution >= 4 is 11.8 Å². The maximum Gasteiger partial charge on any atom is 0.0662 e. The van der Waals surface area contributed by atoms with E-state index in [1.54, 1.807) is 0 Å². The fraction of sp³-hybridized carbons (Fsp3) is 0.333. The van der Waals surface area contributed by atoms with E-state index in [4.69, 9.17) is 0 Å². The highest BCUT2D eigenvalue weighted by Crippen LogP contribution is 2.35. The molecule has 0 amide bonds. The first-order valence-electron chi connectivity index (χ1n) is 7.33. The zero-order valence-corrected chi connectivity index (χ0v) is 12.4. The topological polar surface area (TPSA) is 20.2 Å². The van der Waals surface area contributed by atoms with Crippen LogP contribution >= 0.6 is 11.8 Å². The van der Waals surface area contributed by atoms with Crippen LogP contribution in [0.4, 0.5) is 0 Å². The summed E-state index contributed by atoms with van der Waals surface area (Å²) in [5.41, 5.74) is 2.50. The van der Waals surface area contributed by atoms with Gasteiger partial charge in [0.15, 0.2) is 0 Å². The number of aliphatic hydroxyl groups is 1. The van der Waals surface area contributed by atoms with E-state index in [0.717, 1.165) is 12.8 Å². The minimum absolute atomic E-state index is 0.144. The maximum absolute atomic E-state index is 10.1. The SMILES string of the molecule is O[C@H]1CCCC[C@@H]1Sc1cccc(-c2ccccc2)c1. The monoisotopic (exact) mass is 284 g/mol. The molecule has 1 nitrogen and oxygen atoms in total. The van der Waals surface area contributed by atoms with E-state index in [1.165, 1.54) is 28.9 Å². The first kappa shape index (κ1) is 13.7. The zero-order chi connectivity index (χ0) is 13.8. The van der Waals surface area contributed by atoms with Gasteiger partial charge in [0.05, 0.1) is 6.10 Å². The van der Waals surface area contributed by atoms with Gasteiger partial charge in [0, 0.05) is 10.1 Å². The molecule has 0 unspecified atom stereocenters. The molecule has 2 aromatic rings. The van der Waals surface area contributed by atoms with E-state index in [2.05, 4.69) is 48.5 Å². The molecule has 1 saturated carbocycles. The number of hydrogen-bond acceptors (Lipinski definition) is 2. The van der Waals surface area contributed by atoms with Gasteiger partial charge in [-0.15, -0.1) is 11.8 Å². The second-order valence-electron chi connectivity index (χ2n) is 5.40. The smallest absolute Gasteiger partial charge is 0.0662 e. The van der Waals surface area contributed by atoms with Gasteiger partial charge < -0.3 is 5.11 Å². The standard InChI is InChI=1S/C18H20OS/c19-17-11-4-5-12-18(17)20-16-10-6-9-15(13-16)14-7-2-1-3-8-14/h1-3,6-10,13,17-19H,4-5,11-12H2/t17-,18-/m0/s1. The summed E-state index contributed by atoms with van der Waals surface area (Å²) in [5.74, 6) is 0. The average molecular weight is 284 g/mol. The van der Waals surface area contributed by atoms with Gasteiger partial charge in [0.1, 0.15) is 0 Å². The molecule has 2 aromatic carbocycles. The second-order valence-corrected chi connectivity index (χ2v) is 6.71. The van der Waals surface area contributed by atoms with Crippen molar-refractivity contribution in [2.75, 3.05) is 0 Å². The molecule has 0 heterocycles. The van der Waals surface area contributed by atoms with Crippen LogP contribution in [0.5, 0.6) is 0 Å². The minimum Gasteiger partial charge on any atom is -0.392 e. The van der Waals surface area contributed by atoms with Gasteiger partial charge in [-0.1, -0.05) is 55.3 Å². The van der Waals surface area contributed by atoms with Crippen LogP contribution in [-0.4, -0.2) is 16.5 Å². The fourth-order valence-corrected chi connectivity index (χ4v) is 4.05. The number of thioether (sulfide) groups is 1. The lowest BCUT2D eigenvalue weighted by atomic mass is 9.97. The van der Waals surface area contributed by atoms with Gasteiger partial charge in [-0.2, -0.15) is 0 Å².